The minimum Gasteiger partial charge on any atom is -0.348 e. The van der Waals surface area contributed by atoms with Crippen molar-refractivity contribution in [1.29, 1.82) is 0 Å². The van der Waals surface area contributed by atoms with Crippen molar-refractivity contribution in [1.82, 2.24) is 9.55 Å². The van der Waals surface area contributed by atoms with E-state index >= 15 is 0 Å². The summed E-state index contributed by atoms with van der Waals surface area (Å²) in [5, 5.41) is 0. The number of nitrogens with one attached hydrogen (secondary N) is 1. The van der Waals surface area contributed by atoms with Crippen molar-refractivity contribution in [2.24, 2.45) is 0 Å². The maximum Gasteiger partial charge on any atom is 0.330 e. The lowest BCUT2D eigenvalue weighted by Gasteiger charge is -2.24. The normalized spacial score (nSPS) is 34.1. The van der Waals surface area contributed by atoms with Crippen molar-refractivity contribution in [3.05, 3.63) is 32.9 Å². The molecule has 0 amide bonds. The molecule has 4 atom stereocenters. The predicted molar refractivity (Wildman–Crippen MR) is 77.9 cm³/mol. The summed E-state index contributed by atoms with van der Waals surface area (Å²) in [6.07, 6.45) is -1.15. The van der Waals surface area contributed by atoms with Crippen LogP contribution in [0, 0.1) is 5.82 Å². The monoisotopic (exact) mass is 415 g/mol. The maximum absolute atomic E-state index is 13.5. The molecule has 0 aromatic carbocycles. The zero-order chi connectivity index (χ0) is 15.4. The van der Waals surface area contributed by atoms with Crippen LogP contribution >= 0.6 is 22.6 Å². The number of aromatic amines is 1. The number of hydrogen-bond acceptors (Lipinski definition) is 5. The zero-order valence-electron chi connectivity index (χ0n) is 11.3. The van der Waals surface area contributed by atoms with Crippen LogP contribution in [0.5, 0.6) is 0 Å². The predicted octanol–water partition coefficient (Wildman–Crippen LogP) is 0.528. The van der Waals surface area contributed by atoms with E-state index in [0.717, 1.165) is 10.8 Å². The third kappa shape index (κ3) is 2.56. The topological polar surface area (TPSA) is 82.5 Å². The molecule has 7 nitrogen and oxygen atoms in total. The minimum atomic E-state index is -1.06. The number of fused-ring (bicyclic) bond motifs is 1. The molecule has 0 aliphatic carbocycles. The van der Waals surface area contributed by atoms with Gasteiger partial charge < -0.3 is 14.2 Å². The Morgan fingerprint density at radius 3 is 2.71 bits per heavy atom. The fourth-order valence-electron chi connectivity index (χ4n) is 2.66. The smallest absolute Gasteiger partial charge is 0.330 e. The highest BCUT2D eigenvalue weighted by molar-refractivity contribution is 14.1. The Balaban J connectivity index is 2.01. The van der Waals surface area contributed by atoms with Gasteiger partial charge in [0.25, 0.3) is 5.56 Å². The molecular weight excluding hydrogens is 401 g/mol. The Kier molecular flexibility index (Phi) is 3.71. The number of alkyl halides is 1. The summed E-state index contributed by atoms with van der Waals surface area (Å²) in [6.45, 7) is 3.53. The molecule has 21 heavy (non-hydrogen) atoms. The molecule has 0 saturated carbocycles. The van der Waals surface area contributed by atoms with Gasteiger partial charge in [-0.15, -0.1) is 0 Å². The Morgan fingerprint density at radius 2 is 2.05 bits per heavy atom. The Hall–Kier alpha value is -0.780. The van der Waals surface area contributed by atoms with Gasteiger partial charge in [0.15, 0.2) is 12.0 Å². The largest absolute Gasteiger partial charge is 0.348 e. The van der Waals surface area contributed by atoms with Gasteiger partial charge in [0.1, 0.15) is 12.2 Å². The molecule has 1 unspecified atom stereocenters. The Bertz CT molecular complexity index is 672. The minimum absolute atomic E-state index is 0.274. The molecule has 2 saturated heterocycles. The molecular formula is C12H14FIN2O5. The summed E-state index contributed by atoms with van der Waals surface area (Å²) in [4.78, 5) is 24.9. The van der Waals surface area contributed by atoms with Crippen LogP contribution in [0.15, 0.2) is 15.8 Å². The number of rotatable bonds is 2. The van der Waals surface area contributed by atoms with Crippen LogP contribution in [0.1, 0.15) is 20.1 Å². The quantitative estimate of drug-likeness (QED) is 0.563. The van der Waals surface area contributed by atoms with Crippen LogP contribution in [-0.4, -0.2) is 38.1 Å². The summed E-state index contributed by atoms with van der Waals surface area (Å²) in [5.41, 5.74) is -1.80. The molecule has 0 bridgehead atoms. The fraction of sp³-hybridized carbons (Fsp3) is 0.667. The molecule has 116 valence electrons. The van der Waals surface area contributed by atoms with E-state index in [-0.39, 0.29) is 12.2 Å². The lowest BCUT2D eigenvalue weighted by Crippen LogP contribution is -2.38. The summed E-state index contributed by atoms with van der Waals surface area (Å²) in [7, 11) is 0. The van der Waals surface area contributed by atoms with E-state index in [9.17, 15) is 14.0 Å². The summed E-state index contributed by atoms with van der Waals surface area (Å²) in [5.74, 6) is -1.85. The van der Waals surface area contributed by atoms with Gasteiger partial charge in [0.05, 0.1) is 12.3 Å². The molecule has 2 fully saturated rings. The Morgan fingerprint density at radius 1 is 1.38 bits per heavy atom. The van der Waals surface area contributed by atoms with Gasteiger partial charge in [-0.3, -0.25) is 14.3 Å². The van der Waals surface area contributed by atoms with E-state index in [1.807, 2.05) is 4.98 Å². The molecule has 1 N–H and O–H groups in total. The Labute approximate surface area is 132 Å². The van der Waals surface area contributed by atoms with E-state index in [2.05, 4.69) is 22.6 Å². The van der Waals surface area contributed by atoms with Crippen molar-refractivity contribution in [2.75, 3.05) is 4.43 Å². The number of halogens is 2. The van der Waals surface area contributed by atoms with Gasteiger partial charge in [-0.05, 0) is 13.8 Å². The zero-order valence-corrected chi connectivity index (χ0v) is 13.5. The number of aromatic nitrogens is 2. The number of nitrogens with zero attached hydrogens (tertiary/aromatic N) is 1. The highest BCUT2D eigenvalue weighted by Gasteiger charge is 2.55. The average Bonchev–Trinajstić information content (AvgIpc) is 2.87. The first-order chi connectivity index (χ1) is 9.82. The second-order valence-electron chi connectivity index (χ2n) is 5.43. The van der Waals surface area contributed by atoms with Crippen LogP contribution in [0.25, 0.3) is 0 Å². The molecule has 0 spiro atoms. The maximum atomic E-state index is 13.5. The highest BCUT2D eigenvalue weighted by atomic mass is 127. The standard InChI is InChI=1S/C12H14FIN2O5/c1-12(2)20-7-6(3-14)19-10(8(7)21-12)16-4-5(13)9(17)15-11(16)18/h4,6-8,10H,3H2,1-2H3,(H,15,17,18)/t6-,7?,8+,10-/m1/s1/i11+1,15+1,16+1. The molecule has 3 heterocycles. The van der Waals surface area contributed by atoms with Crippen molar-refractivity contribution < 1.29 is 18.6 Å². The van der Waals surface area contributed by atoms with Crippen molar-refractivity contribution in [3.63, 3.8) is 0 Å². The van der Waals surface area contributed by atoms with Gasteiger partial charge in [0.2, 0.25) is 5.82 Å². The summed E-state index contributed by atoms with van der Waals surface area (Å²) in [6, 6.07) is 0. The first-order valence-electron chi connectivity index (χ1n) is 6.40. The van der Waals surface area contributed by atoms with Crippen LogP contribution < -0.4 is 11.2 Å². The molecule has 2 aliphatic heterocycles. The first kappa shape index (κ1) is 15.1. The molecule has 9 heteroatoms. The fourth-order valence-corrected chi connectivity index (χ4v) is 3.37. The lowest BCUT2D eigenvalue weighted by atomic mass is 10.1. The van der Waals surface area contributed by atoms with Crippen LogP contribution in [0.3, 0.4) is 0 Å². The third-order valence-corrected chi connectivity index (χ3v) is 4.34. The molecule has 1 aromatic heterocycles. The van der Waals surface area contributed by atoms with E-state index in [0.29, 0.717) is 4.43 Å². The van der Waals surface area contributed by atoms with Crippen molar-refractivity contribution in [2.45, 2.75) is 44.2 Å². The molecule has 0 radical (unpaired) electrons. The molecule has 2 aliphatic rings. The second kappa shape index (κ2) is 5.14. The number of H-pyrrole nitrogens is 1. The van der Waals surface area contributed by atoms with E-state index in [1.54, 1.807) is 13.8 Å². The first-order valence-corrected chi connectivity index (χ1v) is 7.93. The summed E-state index contributed by atoms with van der Waals surface area (Å²) < 4.78 is 32.4. The average molecular weight is 415 g/mol. The third-order valence-electron chi connectivity index (χ3n) is 3.48. The van der Waals surface area contributed by atoms with Crippen LogP contribution in [0.4, 0.5) is 4.39 Å². The van der Waals surface area contributed by atoms with Gasteiger partial charge >= 0.3 is 5.69 Å². The second-order valence-corrected chi connectivity index (χ2v) is 6.31. The van der Waals surface area contributed by atoms with E-state index in [4.69, 9.17) is 14.2 Å². The number of ether oxygens (including phenoxy) is 3. The lowest BCUT2D eigenvalue weighted by molar-refractivity contribution is -0.194. The van der Waals surface area contributed by atoms with Crippen LogP contribution in [0.2, 0.25) is 0 Å². The van der Waals surface area contributed by atoms with Gasteiger partial charge in [-0.1, -0.05) is 22.6 Å². The van der Waals surface area contributed by atoms with Crippen LogP contribution in [-0.2, 0) is 14.2 Å². The van der Waals surface area contributed by atoms with Gasteiger partial charge in [-0.2, -0.15) is 4.39 Å². The SMILES string of the molecule is CC1(C)OC2[C@@H](CI)O[C@@H]([15n]3cc(F)c(=O)[15nH][13c]3=O)[C@H]2O1. The van der Waals surface area contributed by atoms with Gasteiger partial charge in [0, 0.05) is 4.43 Å². The number of hydrogen-bond donors (Lipinski definition) is 1. The molecule has 3 rings (SSSR count). The summed E-state index contributed by atoms with van der Waals surface area (Å²) >= 11 is 2.15. The van der Waals surface area contributed by atoms with Crippen molar-refractivity contribution in [3.8, 4) is 0 Å². The van der Waals surface area contributed by atoms with Gasteiger partial charge in [-0.25, -0.2) is 4.79 Å². The van der Waals surface area contributed by atoms with E-state index < -0.39 is 35.2 Å². The highest BCUT2D eigenvalue weighted by Crippen LogP contribution is 2.42. The van der Waals surface area contributed by atoms with E-state index in [1.165, 1.54) is 0 Å². The van der Waals surface area contributed by atoms with Crippen molar-refractivity contribution >= 4 is 22.6 Å². The molecule has 1 aromatic rings.